The van der Waals surface area contributed by atoms with Crippen LogP contribution in [0, 0.1) is 0 Å². The van der Waals surface area contributed by atoms with E-state index >= 15 is 0 Å². The Morgan fingerprint density at radius 3 is 2.95 bits per heavy atom. The zero-order valence-corrected chi connectivity index (χ0v) is 12.6. The molecule has 0 aliphatic rings. The smallest absolute Gasteiger partial charge is 0.223 e. The van der Waals surface area contributed by atoms with Gasteiger partial charge in [-0.2, -0.15) is 0 Å². The van der Waals surface area contributed by atoms with Crippen LogP contribution in [-0.2, 0) is 6.54 Å². The lowest BCUT2D eigenvalue weighted by Crippen LogP contribution is -2.18. The molecule has 8 heteroatoms. The summed E-state index contributed by atoms with van der Waals surface area (Å²) in [6.07, 6.45) is 1.68. The third kappa shape index (κ3) is 3.53. The average molecular weight is 329 g/mol. The average Bonchev–Trinajstić information content (AvgIpc) is 2.87. The molecule has 0 saturated heterocycles. The van der Waals surface area contributed by atoms with Gasteiger partial charge in [-0.3, -0.25) is 4.79 Å². The van der Waals surface area contributed by atoms with E-state index in [4.69, 9.17) is 23.2 Å². The Balaban J connectivity index is 2.17. The lowest BCUT2D eigenvalue weighted by molar-refractivity contribution is 0.100. The van der Waals surface area contributed by atoms with E-state index in [0.29, 0.717) is 27.0 Å². The number of hydrogen-bond donors (Lipinski definition) is 0. The molecule has 0 spiro atoms. The standard InChI is InChI=1S/C12H10Cl2N4OS/c1-2-5-18-12(20-17-16-18)15-7-11(19)8-3-4-9(13)10(14)6-8/h2-4,6H,1,5,7H2. The van der Waals surface area contributed by atoms with Crippen molar-refractivity contribution in [2.45, 2.75) is 6.54 Å². The van der Waals surface area contributed by atoms with Crippen LogP contribution in [0.25, 0.3) is 0 Å². The van der Waals surface area contributed by atoms with Gasteiger partial charge in [-0.25, -0.2) is 9.67 Å². The van der Waals surface area contributed by atoms with Crippen LogP contribution in [0.4, 0.5) is 0 Å². The number of halogens is 2. The normalized spacial score (nSPS) is 11.6. The molecular weight excluding hydrogens is 319 g/mol. The molecule has 0 atom stereocenters. The minimum Gasteiger partial charge on any atom is -0.292 e. The van der Waals surface area contributed by atoms with Crippen LogP contribution in [0.5, 0.6) is 0 Å². The highest BCUT2D eigenvalue weighted by Crippen LogP contribution is 2.22. The van der Waals surface area contributed by atoms with Crippen molar-refractivity contribution >= 4 is 40.5 Å². The van der Waals surface area contributed by atoms with E-state index in [2.05, 4.69) is 21.3 Å². The second-order valence-electron chi connectivity index (χ2n) is 3.78. The second-order valence-corrected chi connectivity index (χ2v) is 5.31. The first kappa shape index (κ1) is 14.9. The Kier molecular flexibility index (Phi) is 5.05. The molecule has 0 aliphatic carbocycles. The number of aromatic nitrogens is 3. The van der Waals surface area contributed by atoms with Crippen molar-refractivity contribution in [2.75, 3.05) is 6.54 Å². The Morgan fingerprint density at radius 2 is 2.25 bits per heavy atom. The summed E-state index contributed by atoms with van der Waals surface area (Å²) in [7, 11) is 0. The first-order chi connectivity index (χ1) is 9.61. The van der Waals surface area contributed by atoms with Crippen molar-refractivity contribution in [1.82, 2.24) is 14.4 Å². The van der Waals surface area contributed by atoms with Crippen molar-refractivity contribution in [1.29, 1.82) is 0 Å². The Labute approximate surface area is 129 Å². The van der Waals surface area contributed by atoms with Crippen LogP contribution in [0.15, 0.2) is 35.8 Å². The monoisotopic (exact) mass is 328 g/mol. The van der Waals surface area contributed by atoms with Crippen LogP contribution < -0.4 is 4.80 Å². The summed E-state index contributed by atoms with van der Waals surface area (Å²) in [5.74, 6) is -0.151. The van der Waals surface area contributed by atoms with E-state index < -0.39 is 0 Å². The van der Waals surface area contributed by atoms with Gasteiger partial charge in [0.15, 0.2) is 5.78 Å². The van der Waals surface area contributed by atoms with Crippen LogP contribution in [0.2, 0.25) is 10.0 Å². The first-order valence-electron chi connectivity index (χ1n) is 5.61. The Hall–Kier alpha value is -1.50. The maximum Gasteiger partial charge on any atom is 0.223 e. The van der Waals surface area contributed by atoms with Crippen molar-refractivity contribution in [3.05, 3.63) is 51.3 Å². The van der Waals surface area contributed by atoms with Crippen LogP contribution in [-0.4, -0.2) is 26.7 Å². The molecule has 0 radical (unpaired) electrons. The van der Waals surface area contributed by atoms with Gasteiger partial charge in [0.25, 0.3) is 0 Å². The zero-order valence-electron chi connectivity index (χ0n) is 10.3. The summed E-state index contributed by atoms with van der Waals surface area (Å²) in [6, 6.07) is 4.74. The lowest BCUT2D eigenvalue weighted by atomic mass is 10.1. The minimum atomic E-state index is -0.151. The minimum absolute atomic E-state index is 0.00101. The van der Waals surface area contributed by atoms with Crippen LogP contribution >= 0.6 is 34.7 Å². The number of carbonyl (C=O) groups is 1. The molecule has 0 amide bonds. The molecule has 2 rings (SSSR count). The number of allylic oxidation sites excluding steroid dienone is 1. The predicted octanol–water partition coefficient (Wildman–Crippen LogP) is 2.62. The van der Waals surface area contributed by atoms with Crippen molar-refractivity contribution in [3.8, 4) is 0 Å². The summed E-state index contributed by atoms with van der Waals surface area (Å²) >= 11 is 12.8. The topological polar surface area (TPSA) is 60.1 Å². The molecule has 0 unspecified atom stereocenters. The van der Waals surface area contributed by atoms with Gasteiger partial charge < -0.3 is 0 Å². The molecule has 0 bridgehead atoms. The number of hydrogen-bond acceptors (Lipinski definition) is 5. The van der Waals surface area contributed by atoms with Crippen molar-refractivity contribution in [3.63, 3.8) is 0 Å². The van der Waals surface area contributed by atoms with Crippen molar-refractivity contribution in [2.24, 2.45) is 4.99 Å². The Bertz CT molecular complexity index is 707. The summed E-state index contributed by atoms with van der Waals surface area (Å²) in [4.78, 5) is 16.8. The molecule has 2 aromatic rings. The molecule has 1 aromatic carbocycles. The van der Waals surface area contributed by atoms with Gasteiger partial charge in [0, 0.05) is 17.1 Å². The highest BCUT2D eigenvalue weighted by atomic mass is 35.5. The van der Waals surface area contributed by atoms with E-state index in [1.54, 1.807) is 22.9 Å². The molecule has 104 valence electrons. The fraction of sp³-hybridized carbons (Fsp3) is 0.167. The first-order valence-corrected chi connectivity index (χ1v) is 7.14. The molecule has 5 nitrogen and oxygen atoms in total. The lowest BCUT2D eigenvalue weighted by Gasteiger charge is -2.00. The third-order valence-corrected chi connectivity index (χ3v) is 3.79. The van der Waals surface area contributed by atoms with Gasteiger partial charge in [0.05, 0.1) is 16.6 Å². The zero-order chi connectivity index (χ0) is 14.5. The van der Waals surface area contributed by atoms with Gasteiger partial charge in [-0.15, -0.1) is 6.58 Å². The number of ketones is 1. The van der Waals surface area contributed by atoms with Crippen molar-refractivity contribution < 1.29 is 4.79 Å². The SMILES string of the molecule is C=CCn1nnsc1=NCC(=O)c1ccc(Cl)c(Cl)c1. The van der Waals surface area contributed by atoms with Gasteiger partial charge in [-0.1, -0.05) is 39.0 Å². The van der Waals surface area contributed by atoms with E-state index in [1.165, 1.54) is 6.07 Å². The largest absolute Gasteiger partial charge is 0.292 e. The molecule has 20 heavy (non-hydrogen) atoms. The molecule has 0 saturated carbocycles. The number of carbonyl (C=O) groups excluding carboxylic acids is 1. The van der Waals surface area contributed by atoms with E-state index in [9.17, 15) is 4.79 Å². The van der Waals surface area contributed by atoms with Crippen LogP contribution in [0.3, 0.4) is 0 Å². The molecule has 0 fully saturated rings. The molecule has 0 N–H and O–H groups in total. The number of nitrogens with zero attached hydrogens (tertiary/aromatic N) is 4. The number of rotatable bonds is 5. The quantitative estimate of drug-likeness (QED) is 0.626. The summed E-state index contributed by atoms with van der Waals surface area (Å²) in [6.45, 7) is 4.11. The molecule has 1 aromatic heterocycles. The summed E-state index contributed by atoms with van der Waals surface area (Å²) in [5.41, 5.74) is 0.468. The summed E-state index contributed by atoms with van der Waals surface area (Å²) < 4.78 is 5.35. The van der Waals surface area contributed by atoms with Gasteiger partial charge in [-0.05, 0) is 18.2 Å². The highest BCUT2D eigenvalue weighted by molar-refractivity contribution is 7.02. The second kappa shape index (κ2) is 6.78. The van der Waals surface area contributed by atoms with E-state index in [0.717, 1.165) is 11.5 Å². The maximum atomic E-state index is 12.0. The highest BCUT2D eigenvalue weighted by Gasteiger charge is 2.08. The van der Waals surface area contributed by atoms with Gasteiger partial charge >= 0.3 is 0 Å². The molecular formula is C12H10Cl2N4OS. The van der Waals surface area contributed by atoms with Crippen LogP contribution in [0.1, 0.15) is 10.4 Å². The molecule has 0 aliphatic heterocycles. The molecule has 1 heterocycles. The van der Waals surface area contributed by atoms with E-state index in [-0.39, 0.29) is 12.3 Å². The predicted molar refractivity (Wildman–Crippen MR) is 79.3 cm³/mol. The fourth-order valence-electron chi connectivity index (χ4n) is 1.43. The summed E-state index contributed by atoms with van der Waals surface area (Å²) in [5, 5.41) is 4.61. The van der Waals surface area contributed by atoms with Gasteiger partial charge in [0.2, 0.25) is 4.80 Å². The Morgan fingerprint density at radius 1 is 1.45 bits per heavy atom. The number of Topliss-reactive ketones (excluding diaryl/α,β-unsaturated/α-hetero) is 1. The maximum absolute atomic E-state index is 12.0. The number of benzene rings is 1. The fourth-order valence-corrected chi connectivity index (χ4v) is 2.26. The van der Waals surface area contributed by atoms with E-state index in [1.807, 2.05) is 0 Å². The third-order valence-electron chi connectivity index (χ3n) is 2.39. The van der Waals surface area contributed by atoms with Gasteiger partial charge in [0.1, 0.15) is 6.54 Å².